The molecule has 1 amide bonds. The Morgan fingerprint density at radius 3 is 2.59 bits per heavy atom. The predicted octanol–water partition coefficient (Wildman–Crippen LogP) is 2.40. The van der Waals surface area contributed by atoms with Gasteiger partial charge in [-0.2, -0.15) is 0 Å². The van der Waals surface area contributed by atoms with Crippen molar-refractivity contribution in [2.45, 2.75) is 58.9 Å². The van der Waals surface area contributed by atoms with E-state index in [-0.39, 0.29) is 6.04 Å². The van der Waals surface area contributed by atoms with Crippen molar-refractivity contribution in [3.63, 3.8) is 0 Å². The topological polar surface area (TPSA) is 46.3 Å². The van der Waals surface area contributed by atoms with Crippen LogP contribution in [0.3, 0.4) is 0 Å². The van der Waals surface area contributed by atoms with Crippen LogP contribution in [0.4, 0.5) is 0 Å². The molecule has 1 aliphatic heterocycles. The minimum absolute atomic E-state index is 0.134. The lowest BCUT2D eigenvalue weighted by Crippen LogP contribution is -2.33. The molecule has 1 saturated heterocycles. The lowest BCUT2D eigenvalue weighted by atomic mass is 9.89. The number of nitrogens with zero attached hydrogens (tertiary/aromatic N) is 1. The number of nitrogens with two attached hydrogens (primary N) is 1. The molecule has 1 heterocycles. The molecular formula is C14H28N2O. The molecule has 2 atom stereocenters. The highest BCUT2D eigenvalue weighted by Crippen LogP contribution is 2.24. The van der Waals surface area contributed by atoms with Gasteiger partial charge in [-0.15, -0.1) is 0 Å². The van der Waals surface area contributed by atoms with Crippen molar-refractivity contribution < 1.29 is 4.79 Å². The van der Waals surface area contributed by atoms with Gasteiger partial charge in [-0.3, -0.25) is 4.79 Å². The molecule has 2 N–H and O–H groups in total. The van der Waals surface area contributed by atoms with Crippen LogP contribution in [-0.4, -0.2) is 29.9 Å². The third-order valence-electron chi connectivity index (χ3n) is 3.88. The number of likely N-dealkylation sites (tertiary alicyclic amines) is 1. The molecule has 0 saturated carbocycles. The molecule has 1 aliphatic rings. The van der Waals surface area contributed by atoms with Crippen LogP contribution in [0, 0.1) is 11.8 Å². The first-order chi connectivity index (χ1) is 8.00. The second-order valence-electron chi connectivity index (χ2n) is 5.83. The van der Waals surface area contributed by atoms with E-state index in [2.05, 4.69) is 13.8 Å². The quantitative estimate of drug-likeness (QED) is 0.820. The van der Waals surface area contributed by atoms with Gasteiger partial charge >= 0.3 is 0 Å². The summed E-state index contributed by atoms with van der Waals surface area (Å²) in [6.07, 6.45) is 5.02. The van der Waals surface area contributed by atoms with Crippen LogP contribution < -0.4 is 5.73 Å². The maximum atomic E-state index is 12.0. The number of rotatable bonds is 4. The van der Waals surface area contributed by atoms with Gasteiger partial charge in [0, 0.05) is 25.6 Å². The number of carbonyl (C=O) groups is 1. The van der Waals surface area contributed by atoms with E-state index >= 15 is 0 Å². The molecule has 0 bridgehead atoms. The van der Waals surface area contributed by atoms with Crippen molar-refractivity contribution in [2.75, 3.05) is 13.1 Å². The second kappa shape index (κ2) is 7.00. The van der Waals surface area contributed by atoms with Gasteiger partial charge in [0.1, 0.15) is 0 Å². The van der Waals surface area contributed by atoms with Crippen LogP contribution in [0.5, 0.6) is 0 Å². The Bertz CT molecular complexity index is 238. The molecule has 0 aromatic rings. The van der Waals surface area contributed by atoms with E-state index < -0.39 is 0 Å². The van der Waals surface area contributed by atoms with Crippen molar-refractivity contribution in [3.8, 4) is 0 Å². The van der Waals surface area contributed by atoms with Crippen LogP contribution in [0.15, 0.2) is 0 Å². The van der Waals surface area contributed by atoms with Gasteiger partial charge < -0.3 is 10.6 Å². The number of amides is 1. The summed E-state index contributed by atoms with van der Waals surface area (Å²) >= 11 is 0. The summed E-state index contributed by atoms with van der Waals surface area (Å²) in [5.74, 6) is 1.84. The summed E-state index contributed by atoms with van der Waals surface area (Å²) in [5, 5.41) is 0. The van der Waals surface area contributed by atoms with Gasteiger partial charge in [0.05, 0.1) is 0 Å². The molecular weight excluding hydrogens is 212 g/mol. The van der Waals surface area contributed by atoms with Crippen molar-refractivity contribution in [2.24, 2.45) is 17.6 Å². The van der Waals surface area contributed by atoms with Gasteiger partial charge in [0.25, 0.3) is 0 Å². The third-order valence-corrected chi connectivity index (χ3v) is 3.88. The highest BCUT2D eigenvalue weighted by molar-refractivity contribution is 5.76. The van der Waals surface area contributed by atoms with E-state index in [1.165, 1.54) is 12.8 Å². The highest BCUT2D eigenvalue weighted by atomic mass is 16.2. The van der Waals surface area contributed by atoms with Crippen molar-refractivity contribution in [3.05, 3.63) is 0 Å². The normalized spacial score (nSPS) is 23.6. The summed E-state index contributed by atoms with van der Waals surface area (Å²) in [5.41, 5.74) is 5.69. The van der Waals surface area contributed by atoms with Gasteiger partial charge in [-0.1, -0.05) is 13.8 Å². The standard InChI is InChI=1S/C14H28N2O/c1-11(2)13-5-4-9-16(10-8-13)14(17)7-6-12(3)15/h11-13H,4-10,15H2,1-3H3. The Kier molecular flexibility index (Phi) is 5.96. The number of hydrogen-bond acceptors (Lipinski definition) is 2. The average Bonchev–Trinajstić information content (AvgIpc) is 2.51. The Labute approximate surface area is 106 Å². The van der Waals surface area contributed by atoms with E-state index in [9.17, 15) is 4.79 Å². The number of hydrogen-bond donors (Lipinski definition) is 1. The van der Waals surface area contributed by atoms with Crippen LogP contribution in [0.1, 0.15) is 52.9 Å². The van der Waals surface area contributed by atoms with Crippen molar-refractivity contribution in [1.29, 1.82) is 0 Å². The first-order valence-electron chi connectivity index (χ1n) is 7.04. The van der Waals surface area contributed by atoms with E-state index in [0.717, 1.165) is 37.8 Å². The first-order valence-corrected chi connectivity index (χ1v) is 7.04. The maximum Gasteiger partial charge on any atom is 0.222 e. The minimum Gasteiger partial charge on any atom is -0.343 e. The predicted molar refractivity (Wildman–Crippen MR) is 71.6 cm³/mol. The van der Waals surface area contributed by atoms with Gasteiger partial charge in [0.2, 0.25) is 5.91 Å². The molecule has 2 unspecified atom stereocenters. The molecule has 1 fully saturated rings. The molecule has 100 valence electrons. The molecule has 0 aliphatic carbocycles. The molecule has 0 aromatic heterocycles. The van der Waals surface area contributed by atoms with E-state index in [1.54, 1.807) is 0 Å². The minimum atomic E-state index is 0.134. The zero-order valence-corrected chi connectivity index (χ0v) is 11.6. The highest BCUT2D eigenvalue weighted by Gasteiger charge is 2.22. The third kappa shape index (κ3) is 5.07. The number of carbonyl (C=O) groups excluding carboxylic acids is 1. The largest absolute Gasteiger partial charge is 0.343 e. The van der Waals surface area contributed by atoms with Crippen LogP contribution >= 0.6 is 0 Å². The van der Waals surface area contributed by atoms with Gasteiger partial charge in [0.15, 0.2) is 0 Å². The van der Waals surface area contributed by atoms with Crippen LogP contribution in [0.25, 0.3) is 0 Å². The molecule has 3 nitrogen and oxygen atoms in total. The first kappa shape index (κ1) is 14.5. The zero-order valence-electron chi connectivity index (χ0n) is 11.6. The molecule has 1 rings (SSSR count). The Hall–Kier alpha value is -0.570. The molecule has 17 heavy (non-hydrogen) atoms. The second-order valence-corrected chi connectivity index (χ2v) is 5.83. The van der Waals surface area contributed by atoms with Crippen molar-refractivity contribution >= 4 is 5.91 Å². The fourth-order valence-corrected chi connectivity index (χ4v) is 2.55. The molecule has 0 spiro atoms. The Morgan fingerprint density at radius 1 is 1.29 bits per heavy atom. The van der Waals surface area contributed by atoms with Gasteiger partial charge in [-0.05, 0) is 44.4 Å². The van der Waals surface area contributed by atoms with Crippen LogP contribution in [-0.2, 0) is 4.79 Å². The maximum absolute atomic E-state index is 12.0. The van der Waals surface area contributed by atoms with E-state index in [0.29, 0.717) is 12.3 Å². The van der Waals surface area contributed by atoms with Gasteiger partial charge in [-0.25, -0.2) is 0 Å². The summed E-state index contributed by atoms with van der Waals surface area (Å²) in [7, 11) is 0. The molecule has 0 radical (unpaired) electrons. The summed E-state index contributed by atoms with van der Waals surface area (Å²) < 4.78 is 0. The summed E-state index contributed by atoms with van der Waals surface area (Å²) in [4.78, 5) is 14.0. The average molecular weight is 240 g/mol. The summed E-state index contributed by atoms with van der Waals surface area (Å²) in [6.45, 7) is 8.43. The lowest BCUT2D eigenvalue weighted by Gasteiger charge is -2.22. The monoisotopic (exact) mass is 240 g/mol. The Morgan fingerprint density at radius 2 is 2.00 bits per heavy atom. The summed E-state index contributed by atoms with van der Waals surface area (Å²) in [6, 6.07) is 0.134. The van der Waals surface area contributed by atoms with E-state index in [4.69, 9.17) is 5.73 Å². The van der Waals surface area contributed by atoms with Crippen molar-refractivity contribution in [1.82, 2.24) is 4.90 Å². The van der Waals surface area contributed by atoms with E-state index in [1.807, 2.05) is 11.8 Å². The SMILES string of the molecule is CC(N)CCC(=O)N1CCCC(C(C)C)CC1. The zero-order chi connectivity index (χ0) is 12.8. The molecule has 0 aromatic carbocycles. The lowest BCUT2D eigenvalue weighted by molar-refractivity contribution is -0.131. The van der Waals surface area contributed by atoms with Crippen LogP contribution in [0.2, 0.25) is 0 Å². The molecule has 3 heteroatoms. The Balaban J connectivity index is 2.37. The fraction of sp³-hybridized carbons (Fsp3) is 0.929. The fourth-order valence-electron chi connectivity index (χ4n) is 2.55. The smallest absolute Gasteiger partial charge is 0.222 e.